The molecule has 32 heavy (non-hydrogen) atoms. The first kappa shape index (κ1) is 26.0. The minimum Gasteiger partial charge on any atom is -0.483 e. The number of rotatable bonds is 7. The SMILES string of the molecule is C[C@H](c1ccc(N2CC[C@H](NS(=O)(=O)/C=C/c3ccc(Cl)s3)C2=O)cc1)N(C)C.O=CO. The summed E-state index contributed by atoms with van der Waals surface area (Å²) in [6, 6.07) is 10.8. The van der Waals surface area contributed by atoms with Crippen molar-refractivity contribution in [2.75, 3.05) is 25.5 Å². The number of hydrogen-bond acceptors (Lipinski definition) is 6. The van der Waals surface area contributed by atoms with Gasteiger partial charge in [-0.15, -0.1) is 11.3 Å². The first-order valence-corrected chi connectivity index (χ1v) is 12.4. The Hall–Kier alpha value is -2.24. The predicted octanol–water partition coefficient (Wildman–Crippen LogP) is 3.42. The third-order valence-corrected chi connectivity index (χ3v) is 7.28. The van der Waals surface area contributed by atoms with Crippen LogP contribution in [0.3, 0.4) is 0 Å². The predicted molar refractivity (Wildman–Crippen MR) is 128 cm³/mol. The third kappa shape index (κ3) is 7.14. The van der Waals surface area contributed by atoms with Crippen LogP contribution in [0.4, 0.5) is 5.69 Å². The second-order valence-corrected chi connectivity index (χ2v) is 10.6. The molecule has 1 fully saturated rings. The highest BCUT2D eigenvalue weighted by Crippen LogP contribution is 2.26. The quantitative estimate of drug-likeness (QED) is 0.565. The van der Waals surface area contributed by atoms with Gasteiger partial charge in [0.25, 0.3) is 6.47 Å². The van der Waals surface area contributed by atoms with Crippen LogP contribution in [0.1, 0.15) is 29.8 Å². The van der Waals surface area contributed by atoms with Crippen LogP contribution in [0.25, 0.3) is 6.08 Å². The van der Waals surface area contributed by atoms with Gasteiger partial charge in [-0.3, -0.25) is 9.59 Å². The zero-order valence-corrected chi connectivity index (χ0v) is 20.3. The molecular formula is C21H26ClN3O5S2. The number of benzene rings is 1. The molecule has 1 saturated heterocycles. The molecule has 0 radical (unpaired) electrons. The number of anilines is 1. The number of hydrogen-bond donors (Lipinski definition) is 2. The number of thiophene rings is 1. The molecule has 11 heteroatoms. The van der Waals surface area contributed by atoms with Crippen LogP contribution in [-0.4, -0.2) is 57.5 Å². The topological polar surface area (TPSA) is 107 Å². The normalized spacial score (nSPS) is 17.5. The monoisotopic (exact) mass is 499 g/mol. The summed E-state index contributed by atoms with van der Waals surface area (Å²) in [6.45, 7) is 2.33. The number of carbonyl (C=O) groups is 2. The summed E-state index contributed by atoms with van der Waals surface area (Å²) in [4.78, 5) is 25.6. The highest BCUT2D eigenvalue weighted by molar-refractivity contribution is 7.92. The molecule has 8 nitrogen and oxygen atoms in total. The minimum absolute atomic E-state index is 0.241. The number of amides is 1. The van der Waals surface area contributed by atoms with Gasteiger partial charge in [0.15, 0.2) is 0 Å². The van der Waals surface area contributed by atoms with E-state index in [4.69, 9.17) is 21.5 Å². The van der Waals surface area contributed by atoms with Crippen LogP contribution in [0.5, 0.6) is 0 Å². The molecule has 1 aliphatic heterocycles. The third-order valence-electron chi connectivity index (χ3n) is 4.98. The lowest BCUT2D eigenvalue weighted by atomic mass is 10.1. The van der Waals surface area contributed by atoms with Crippen LogP contribution in [0.15, 0.2) is 41.8 Å². The standard InChI is InChI=1S/C20H24ClN3O3S2.CH2O2/c1-14(23(2)3)15-4-6-16(7-5-15)24-12-10-18(20(24)25)22-29(26,27)13-11-17-8-9-19(21)28-17;2-1-3/h4-9,11,13-14,18,22H,10,12H2,1-3H3;1H,(H,2,3)/b13-11+;/t14-,18+;/m1./s1. The van der Waals surface area contributed by atoms with Crippen LogP contribution in [-0.2, 0) is 19.6 Å². The number of nitrogens with one attached hydrogen (secondary N) is 1. The minimum atomic E-state index is -3.74. The van der Waals surface area contributed by atoms with Crippen molar-refractivity contribution in [2.45, 2.75) is 25.4 Å². The van der Waals surface area contributed by atoms with Gasteiger partial charge in [0.1, 0.15) is 6.04 Å². The molecule has 0 aliphatic carbocycles. The second kappa shape index (κ2) is 11.6. The average Bonchev–Trinajstić information content (AvgIpc) is 3.32. The number of sulfonamides is 1. The van der Waals surface area contributed by atoms with E-state index < -0.39 is 16.1 Å². The molecule has 0 saturated carbocycles. The van der Waals surface area contributed by atoms with Crippen molar-refractivity contribution in [1.82, 2.24) is 9.62 Å². The van der Waals surface area contributed by atoms with Crippen molar-refractivity contribution in [3.8, 4) is 0 Å². The fraction of sp³-hybridized carbons (Fsp3) is 0.333. The summed E-state index contributed by atoms with van der Waals surface area (Å²) < 4.78 is 27.7. The average molecular weight is 500 g/mol. The molecule has 1 aromatic heterocycles. The van der Waals surface area contributed by atoms with Crippen molar-refractivity contribution in [2.24, 2.45) is 0 Å². The van der Waals surface area contributed by atoms with E-state index in [2.05, 4.69) is 16.5 Å². The number of halogens is 1. The molecule has 1 amide bonds. The van der Waals surface area contributed by atoms with Crippen molar-refractivity contribution < 1.29 is 23.1 Å². The molecule has 1 aromatic carbocycles. The highest BCUT2D eigenvalue weighted by atomic mass is 35.5. The lowest BCUT2D eigenvalue weighted by Gasteiger charge is -2.22. The Kier molecular flexibility index (Phi) is 9.41. The smallest absolute Gasteiger partial charge is 0.290 e. The number of carboxylic acid groups (broad SMARTS) is 1. The molecule has 0 unspecified atom stereocenters. The highest BCUT2D eigenvalue weighted by Gasteiger charge is 2.34. The van der Waals surface area contributed by atoms with Crippen LogP contribution in [0, 0.1) is 0 Å². The Morgan fingerprint density at radius 1 is 1.25 bits per heavy atom. The first-order chi connectivity index (χ1) is 15.1. The Labute approximate surface area is 197 Å². The maximum atomic E-state index is 12.7. The Bertz CT molecular complexity index is 1050. The largest absolute Gasteiger partial charge is 0.483 e. The van der Waals surface area contributed by atoms with Crippen LogP contribution in [0.2, 0.25) is 4.34 Å². The van der Waals surface area contributed by atoms with Crippen molar-refractivity contribution >= 4 is 57.1 Å². The lowest BCUT2D eigenvalue weighted by Crippen LogP contribution is -2.40. The fourth-order valence-electron chi connectivity index (χ4n) is 3.09. The molecule has 2 aromatic rings. The van der Waals surface area contributed by atoms with E-state index in [0.29, 0.717) is 17.3 Å². The van der Waals surface area contributed by atoms with E-state index in [0.717, 1.165) is 21.5 Å². The molecule has 1 aliphatic rings. The Balaban J connectivity index is 0.00000114. The number of nitrogens with zero attached hydrogens (tertiary/aromatic N) is 2. The zero-order valence-electron chi connectivity index (χ0n) is 17.9. The van der Waals surface area contributed by atoms with Gasteiger partial charge in [-0.1, -0.05) is 23.7 Å². The van der Waals surface area contributed by atoms with Gasteiger partial charge < -0.3 is 14.9 Å². The van der Waals surface area contributed by atoms with E-state index >= 15 is 0 Å². The van der Waals surface area contributed by atoms with Crippen LogP contribution < -0.4 is 9.62 Å². The maximum absolute atomic E-state index is 12.7. The van der Waals surface area contributed by atoms with Gasteiger partial charge in [0.2, 0.25) is 15.9 Å². The van der Waals surface area contributed by atoms with Gasteiger partial charge >= 0.3 is 0 Å². The van der Waals surface area contributed by atoms with Gasteiger partial charge in [0, 0.05) is 28.6 Å². The van der Waals surface area contributed by atoms with Crippen molar-refractivity contribution in [1.29, 1.82) is 0 Å². The van der Waals surface area contributed by atoms with Crippen LogP contribution >= 0.6 is 22.9 Å². The Morgan fingerprint density at radius 2 is 1.88 bits per heavy atom. The van der Waals surface area contributed by atoms with E-state index in [-0.39, 0.29) is 18.4 Å². The molecule has 174 valence electrons. The van der Waals surface area contributed by atoms with E-state index in [1.807, 2.05) is 38.4 Å². The summed E-state index contributed by atoms with van der Waals surface area (Å²) in [5.74, 6) is -0.241. The lowest BCUT2D eigenvalue weighted by molar-refractivity contribution is -0.123. The molecule has 2 heterocycles. The summed E-state index contributed by atoms with van der Waals surface area (Å²) >= 11 is 7.13. The fourth-order valence-corrected chi connectivity index (χ4v) is 5.16. The summed E-state index contributed by atoms with van der Waals surface area (Å²) in [6.07, 6.45) is 1.90. The van der Waals surface area contributed by atoms with Crippen molar-refractivity contribution in [3.63, 3.8) is 0 Å². The molecule has 0 bridgehead atoms. The van der Waals surface area contributed by atoms with Gasteiger partial charge in [-0.2, -0.15) is 4.72 Å². The Morgan fingerprint density at radius 3 is 2.41 bits per heavy atom. The summed E-state index contributed by atoms with van der Waals surface area (Å²) in [5, 5.41) is 7.96. The molecule has 2 N–H and O–H groups in total. The number of carbonyl (C=O) groups excluding carboxylic acids is 1. The van der Waals surface area contributed by atoms with Gasteiger partial charge in [-0.05, 0) is 63.3 Å². The summed E-state index contributed by atoms with van der Waals surface area (Å²) in [7, 11) is 0.289. The molecular weight excluding hydrogens is 474 g/mol. The molecule has 0 spiro atoms. The molecule has 2 atom stereocenters. The molecule has 3 rings (SSSR count). The maximum Gasteiger partial charge on any atom is 0.290 e. The van der Waals surface area contributed by atoms with E-state index in [9.17, 15) is 13.2 Å². The van der Waals surface area contributed by atoms with Gasteiger partial charge in [0.05, 0.1) is 4.34 Å². The van der Waals surface area contributed by atoms with Gasteiger partial charge in [-0.25, -0.2) is 8.42 Å². The van der Waals surface area contributed by atoms with E-state index in [1.54, 1.807) is 17.0 Å². The van der Waals surface area contributed by atoms with Crippen molar-refractivity contribution in [3.05, 3.63) is 56.6 Å². The second-order valence-electron chi connectivity index (χ2n) is 7.28. The zero-order chi connectivity index (χ0) is 23.9. The summed E-state index contributed by atoms with van der Waals surface area (Å²) in [5.41, 5.74) is 1.93. The first-order valence-electron chi connectivity index (χ1n) is 9.69. The van der Waals surface area contributed by atoms with E-state index in [1.165, 1.54) is 17.4 Å².